The van der Waals surface area contributed by atoms with Crippen molar-refractivity contribution in [3.63, 3.8) is 0 Å². The fourth-order valence-corrected chi connectivity index (χ4v) is 1.95. The molecule has 2 rings (SSSR count). The third kappa shape index (κ3) is 3.66. The quantitative estimate of drug-likeness (QED) is 0.921. The third-order valence-electron chi connectivity index (χ3n) is 2.67. The Hall–Kier alpha value is -1.65. The fraction of sp³-hybridized carbons (Fsp3) is 0.143. The molecule has 2 aromatic carbocycles. The number of ether oxygens (including phenoxy) is 1. The highest BCUT2D eigenvalue weighted by molar-refractivity contribution is 6.30. The van der Waals surface area contributed by atoms with E-state index < -0.39 is 6.61 Å². The lowest BCUT2D eigenvalue weighted by molar-refractivity contribution is -0.0498. The van der Waals surface area contributed by atoms with Crippen molar-refractivity contribution in [1.29, 1.82) is 0 Å². The van der Waals surface area contributed by atoms with Gasteiger partial charge in [0.1, 0.15) is 5.75 Å². The average molecular weight is 284 g/mol. The third-order valence-corrected chi connectivity index (χ3v) is 2.91. The Bertz CT molecular complexity index is 545. The van der Waals surface area contributed by atoms with Gasteiger partial charge in [-0.1, -0.05) is 35.9 Å². The van der Waals surface area contributed by atoms with E-state index in [0.29, 0.717) is 5.02 Å². The summed E-state index contributed by atoms with van der Waals surface area (Å²) in [6.07, 6.45) is 0. The Labute approximate surface area is 114 Å². The minimum absolute atomic E-state index is 0.108. The van der Waals surface area contributed by atoms with Crippen LogP contribution in [0.5, 0.6) is 5.75 Å². The Morgan fingerprint density at radius 2 is 1.68 bits per heavy atom. The molecule has 19 heavy (non-hydrogen) atoms. The molecule has 0 aromatic heterocycles. The molecule has 0 fully saturated rings. The van der Waals surface area contributed by atoms with Gasteiger partial charge in [-0.2, -0.15) is 8.78 Å². The number of benzene rings is 2. The molecular weight excluding hydrogens is 272 g/mol. The number of hydrogen-bond acceptors (Lipinski definition) is 2. The van der Waals surface area contributed by atoms with E-state index in [1.54, 1.807) is 24.3 Å². The van der Waals surface area contributed by atoms with E-state index in [2.05, 4.69) is 4.74 Å². The molecule has 2 nitrogen and oxygen atoms in total. The van der Waals surface area contributed by atoms with Gasteiger partial charge in [0.2, 0.25) is 0 Å². The predicted molar refractivity (Wildman–Crippen MR) is 70.6 cm³/mol. The second-order valence-corrected chi connectivity index (χ2v) is 4.42. The minimum atomic E-state index is -2.83. The smallest absolute Gasteiger partial charge is 0.387 e. The molecule has 100 valence electrons. The van der Waals surface area contributed by atoms with Gasteiger partial charge in [-0.15, -0.1) is 0 Å². The zero-order valence-corrected chi connectivity index (χ0v) is 10.6. The highest BCUT2D eigenvalue weighted by Gasteiger charge is 2.10. The first-order chi connectivity index (χ1) is 9.06. The van der Waals surface area contributed by atoms with E-state index in [4.69, 9.17) is 17.3 Å². The van der Waals surface area contributed by atoms with Crippen LogP contribution < -0.4 is 10.5 Å². The van der Waals surface area contributed by atoms with E-state index in [1.807, 2.05) is 12.1 Å². The molecule has 1 atom stereocenters. The minimum Gasteiger partial charge on any atom is -0.435 e. The summed E-state index contributed by atoms with van der Waals surface area (Å²) in [5.41, 5.74) is 7.74. The van der Waals surface area contributed by atoms with Crippen LogP contribution >= 0.6 is 11.6 Å². The predicted octanol–water partition coefficient (Wildman–Crippen LogP) is 3.99. The number of hydrogen-bond donors (Lipinski definition) is 1. The molecule has 0 saturated heterocycles. The maximum absolute atomic E-state index is 12.0. The van der Waals surface area contributed by atoms with Crippen molar-refractivity contribution in [2.75, 3.05) is 0 Å². The molecule has 0 radical (unpaired) electrons. The van der Waals surface area contributed by atoms with Gasteiger partial charge in [-0.05, 0) is 35.4 Å². The van der Waals surface area contributed by atoms with Crippen LogP contribution in [0.3, 0.4) is 0 Å². The fourth-order valence-electron chi connectivity index (χ4n) is 1.75. The van der Waals surface area contributed by atoms with Crippen LogP contribution in [0.1, 0.15) is 17.2 Å². The standard InChI is InChI=1S/C14H12ClF2NO/c15-11-3-1-2-10(8-11)13(18)9-4-6-12(7-5-9)19-14(16)17/h1-8,13-14H,18H2. The first kappa shape index (κ1) is 13.8. The van der Waals surface area contributed by atoms with Crippen LogP contribution in [-0.4, -0.2) is 6.61 Å². The topological polar surface area (TPSA) is 35.2 Å². The number of halogens is 3. The zero-order valence-electron chi connectivity index (χ0n) is 9.89. The second kappa shape index (κ2) is 5.99. The maximum Gasteiger partial charge on any atom is 0.387 e. The van der Waals surface area contributed by atoms with Gasteiger partial charge in [0, 0.05) is 5.02 Å². The van der Waals surface area contributed by atoms with Gasteiger partial charge >= 0.3 is 6.61 Å². The van der Waals surface area contributed by atoms with E-state index in [0.717, 1.165) is 11.1 Å². The number of rotatable bonds is 4. The van der Waals surface area contributed by atoms with Crippen LogP contribution in [0.2, 0.25) is 5.02 Å². The summed E-state index contributed by atoms with van der Waals surface area (Å²) in [6, 6.07) is 13.1. The summed E-state index contributed by atoms with van der Waals surface area (Å²) in [7, 11) is 0. The largest absolute Gasteiger partial charge is 0.435 e. The summed E-state index contributed by atoms with van der Waals surface area (Å²) in [4.78, 5) is 0. The lowest BCUT2D eigenvalue weighted by atomic mass is 10.00. The lowest BCUT2D eigenvalue weighted by Gasteiger charge is -2.13. The Morgan fingerprint density at radius 3 is 2.26 bits per heavy atom. The van der Waals surface area contributed by atoms with Crippen LogP contribution in [0.4, 0.5) is 8.78 Å². The van der Waals surface area contributed by atoms with E-state index in [9.17, 15) is 8.78 Å². The lowest BCUT2D eigenvalue weighted by Crippen LogP contribution is -2.11. The number of nitrogens with two attached hydrogens (primary N) is 1. The van der Waals surface area contributed by atoms with Crippen molar-refractivity contribution >= 4 is 11.6 Å². The Balaban J connectivity index is 2.17. The first-order valence-corrected chi connectivity index (χ1v) is 6.00. The van der Waals surface area contributed by atoms with Crippen molar-refractivity contribution in [2.24, 2.45) is 5.73 Å². The van der Waals surface area contributed by atoms with Gasteiger partial charge in [-0.25, -0.2) is 0 Å². The molecule has 0 aliphatic heterocycles. The maximum atomic E-state index is 12.0. The molecule has 0 amide bonds. The van der Waals surface area contributed by atoms with E-state index >= 15 is 0 Å². The van der Waals surface area contributed by atoms with Crippen LogP contribution in [0.15, 0.2) is 48.5 Å². The van der Waals surface area contributed by atoms with Crippen molar-refractivity contribution in [2.45, 2.75) is 12.7 Å². The highest BCUT2D eigenvalue weighted by Crippen LogP contribution is 2.24. The second-order valence-electron chi connectivity index (χ2n) is 3.98. The van der Waals surface area contributed by atoms with Gasteiger partial charge < -0.3 is 10.5 Å². The van der Waals surface area contributed by atoms with Crippen LogP contribution in [-0.2, 0) is 0 Å². The molecule has 0 aliphatic carbocycles. The molecule has 2 N–H and O–H groups in total. The van der Waals surface area contributed by atoms with Crippen molar-refractivity contribution in [3.05, 3.63) is 64.7 Å². The summed E-state index contributed by atoms with van der Waals surface area (Å²) in [6.45, 7) is -2.83. The average Bonchev–Trinajstić information content (AvgIpc) is 2.38. The van der Waals surface area contributed by atoms with Gasteiger partial charge in [0.05, 0.1) is 6.04 Å². The van der Waals surface area contributed by atoms with Gasteiger partial charge in [-0.3, -0.25) is 0 Å². The monoisotopic (exact) mass is 283 g/mol. The zero-order chi connectivity index (χ0) is 13.8. The van der Waals surface area contributed by atoms with Gasteiger partial charge in [0.25, 0.3) is 0 Å². The summed E-state index contributed by atoms with van der Waals surface area (Å²) in [5, 5.41) is 0.602. The summed E-state index contributed by atoms with van der Waals surface area (Å²) in [5.74, 6) is 0.108. The van der Waals surface area contributed by atoms with E-state index in [-0.39, 0.29) is 11.8 Å². The van der Waals surface area contributed by atoms with E-state index in [1.165, 1.54) is 12.1 Å². The molecule has 1 unspecified atom stereocenters. The SMILES string of the molecule is NC(c1ccc(OC(F)F)cc1)c1cccc(Cl)c1. The molecule has 5 heteroatoms. The number of alkyl halides is 2. The Kier molecular flexibility index (Phi) is 4.35. The van der Waals surface area contributed by atoms with Gasteiger partial charge in [0.15, 0.2) is 0 Å². The molecule has 0 aliphatic rings. The van der Waals surface area contributed by atoms with Crippen molar-refractivity contribution in [1.82, 2.24) is 0 Å². The highest BCUT2D eigenvalue weighted by atomic mass is 35.5. The molecule has 0 saturated carbocycles. The summed E-state index contributed by atoms with van der Waals surface area (Å²) >= 11 is 5.90. The first-order valence-electron chi connectivity index (χ1n) is 5.62. The normalized spacial score (nSPS) is 12.5. The molecule has 2 aromatic rings. The van der Waals surface area contributed by atoms with Crippen LogP contribution in [0, 0.1) is 0 Å². The molecule has 0 bridgehead atoms. The molecule has 0 spiro atoms. The molecular formula is C14H12ClF2NO. The summed E-state index contributed by atoms with van der Waals surface area (Å²) < 4.78 is 28.3. The Morgan fingerprint density at radius 1 is 1.00 bits per heavy atom. The van der Waals surface area contributed by atoms with Crippen molar-refractivity contribution in [3.8, 4) is 5.75 Å². The van der Waals surface area contributed by atoms with Crippen molar-refractivity contribution < 1.29 is 13.5 Å². The molecule has 0 heterocycles. The van der Waals surface area contributed by atoms with Crippen LogP contribution in [0.25, 0.3) is 0 Å².